The van der Waals surface area contributed by atoms with Crippen molar-refractivity contribution < 1.29 is 14.7 Å². The van der Waals surface area contributed by atoms with Crippen molar-refractivity contribution >= 4 is 11.9 Å². The molecule has 3 rings (SSSR count). The minimum Gasteiger partial charge on any atom is -0.481 e. The first-order valence-corrected chi connectivity index (χ1v) is 9.59. The number of aliphatic carboxylic acids is 1. The van der Waals surface area contributed by atoms with Gasteiger partial charge in [-0.05, 0) is 31.4 Å². The molecule has 0 radical (unpaired) electrons. The average Bonchev–Trinajstić information content (AvgIpc) is 3.28. The van der Waals surface area contributed by atoms with E-state index in [9.17, 15) is 14.7 Å². The number of hydrogen-bond acceptors (Lipinski definition) is 3. The lowest BCUT2D eigenvalue weighted by Gasteiger charge is -2.16. The highest BCUT2D eigenvalue weighted by Crippen LogP contribution is 2.33. The first kappa shape index (κ1) is 19.1. The quantitative estimate of drug-likeness (QED) is 0.846. The molecule has 6 heteroatoms. The van der Waals surface area contributed by atoms with Crippen molar-refractivity contribution in [1.82, 2.24) is 14.7 Å². The third-order valence-corrected chi connectivity index (χ3v) is 5.58. The maximum Gasteiger partial charge on any atom is 0.308 e. The van der Waals surface area contributed by atoms with E-state index in [1.54, 1.807) is 4.90 Å². The fourth-order valence-corrected chi connectivity index (χ4v) is 4.02. The number of carboxylic acids is 1. The van der Waals surface area contributed by atoms with Gasteiger partial charge in [-0.25, -0.2) is 0 Å². The van der Waals surface area contributed by atoms with Gasteiger partial charge >= 0.3 is 5.97 Å². The maximum absolute atomic E-state index is 13.0. The summed E-state index contributed by atoms with van der Waals surface area (Å²) < 4.78 is 1.92. The standard InChI is InChI=1S/C21H27N3O3/c1-4-16(5-2)24-14(3)11-19(22-24)20(25)23-12-17(18(13-23)21(26)27)15-9-7-6-8-10-15/h6-11,16-18H,4-5,12-13H2,1-3H3,(H,26,27). The topological polar surface area (TPSA) is 75.4 Å². The van der Waals surface area contributed by atoms with Crippen LogP contribution in [0, 0.1) is 12.8 Å². The van der Waals surface area contributed by atoms with Crippen LogP contribution in [0.15, 0.2) is 36.4 Å². The summed E-state index contributed by atoms with van der Waals surface area (Å²) in [5.41, 5.74) is 2.32. The molecule has 1 aliphatic heterocycles. The molecular weight excluding hydrogens is 342 g/mol. The number of amides is 1. The number of carbonyl (C=O) groups excluding carboxylic acids is 1. The second kappa shape index (κ2) is 7.94. The molecule has 6 nitrogen and oxygen atoms in total. The Morgan fingerprint density at radius 1 is 1.19 bits per heavy atom. The highest BCUT2D eigenvalue weighted by Gasteiger charge is 2.41. The zero-order chi connectivity index (χ0) is 19.6. The second-order valence-electron chi connectivity index (χ2n) is 7.26. The summed E-state index contributed by atoms with van der Waals surface area (Å²) in [6.07, 6.45) is 1.90. The van der Waals surface area contributed by atoms with Crippen molar-refractivity contribution in [3.05, 3.63) is 53.3 Å². The fraction of sp³-hybridized carbons (Fsp3) is 0.476. The molecule has 1 aliphatic rings. The summed E-state index contributed by atoms with van der Waals surface area (Å²) in [5.74, 6) is -1.85. The van der Waals surface area contributed by atoms with Crippen LogP contribution in [0.2, 0.25) is 0 Å². The van der Waals surface area contributed by atoms with Crippen LogP contribution in [0.4, 0.5) is 0 Å². The van der Waals surface area contributed by atoms with Crippen LogP contribution in [0.5, 0.6) is 0 Å². The molecule has 0 saturated carbocycles. The number of carboxylic acid groups (broad SMARTS) is 1. The van der Waals surface area contributed by atoms with Gasteiger partial charge in [-0.1, -0.05) is 44.2 Å². The van der Waals surface area contributed by atoms with Crippen molar-refractivity contribution in [3.8, 4) is 0 Å². The van der Waals surface area contributed by atoms with E-state index < -0.39 is 11.9 Å². The van der Waals surface area contributed by atoms with Crippen molar-refractivity contribution in [2.45, 2.75) is 45.6 Å². The highest BCUT2D eigenvalue weighted by atomic mass is 16.4. The molecule has 1 saturated heterocycles. The normalized spacial score (nSPS) is 19.6. The Morgan fingerprint density at radius 2 is 1.85 bits per heavy atom. The predicted octanol–water partition coefficient (Wildman–Crippen LogP) is 3.49. The third-order valence-electron chi connectivity index (χ3n) is 5.58. The van der Waals surface area contributed by atoms with E-state index in [1.165, 1.54) is 0 Å². The van der Waals surface area contributed by atoms with E-state index in [0.29, 0.717) is 12.2 Å². The van der Waals surface area contributed by atoms with Gasteiger partial charge in [0.15, 0.2) is 5.69 Å². The Kier molecular flexibility index (Phi) is 5.63. The SMILES string of the molecule is CCC(CC)n1nc(C(=O)N2CC(C(=O)O)C(c3ccccc3)C2)cc1C. The molecule has 1 N–H and O–H groups in total. The number of carbonyl (C=O) groups is 2. The molecule has 2 aromatic rings. The molecule has 0 bridgehead atoms. The number of hydrogen-bond donors (Lipinski definition) is 1. The largest absolute Gasteiger partial charge is 0.481 e. The van der Waals surface area contributed by atoms with Crippen LogP contribution >= 0.6 is 0 Å². The Bertz CT molecular complexity index is 811. The smallest absolute Gasteiger partial charge is 0.308 e. The molecule has 1 amide bonds. The lowest BCUT2D eigenvalue weighted by Crippen LogP contribution is -2.30. The minimum absolute atomic E-state index is 0.188. The first-order valence-electron chi connectivity index (χ1n) is 9.59. The molecule has 1 aromatic carbocycles. The van der Waals surface area contributed by atoms with Crippen molar-refractivity contribution in [3.63, 3.8) is 0 Å². The lowest BCUT2D eigenvalue weighted by molar-refractivity contribution is -0.141. The summed E-state index contributed by atoms with van der Waals surface area (Å²) in [6.45, 7) is 6.79. The summed E-state index contributed by atoms with van der Waals surface area (Å²) in [6, 6.07) is 11.7. The Labute approximate surface area is 159 Å². The lowest BCUT2D eigenvalue weighted by atomic mass is 9.89. The van der Waals surface area contributed by atoms with Gasteiger partial charge in [-0.2, -0.15) is 5.10 Å². The van der Waals surface area contributed by atoms with Crippen molar-refractivity contribution in [2.24, 2.45) is 5.92 Å². The van der Waals surface area contributed by atoms with Gasteiger partial charge in [-0.3, -0.25) is 14.3 Å². The summed E-state index contributed by atoms with van der Waals surface area (Å²) in [4.78, 5) is 26.4. The first-order chi connectivity index (χ1) is 13.0. The zero-order valence-corrected chi connectivity index (χ0v) is 16.1. The predicted molar refractivity (Wildman–Crippen MR) is 103 cm³/mol. The number of aromatic nitrogens is 2. The van der Waals surface area contributed by atoms with Gasteiger partial charge in [0.1, 0.15) is 0 Å². The van der Waals surface area contributed by atoms with Gasteiger partial charge in [0.05, 0.1) is 12.0 Å². The van der Waals surface area contributed by atoms with E-state index in [0.717, 1.165) is 24.1 Å². The molecule has 0 spiro atoms. The number of rotatable bonds is 6. The van der Waals surface area contributed by atoms with Crippen LogP contribution in [0.1, 0.15) is 60.4 Å². The van der Waals surface area contributed by atoms with E-state index in [1.807, 2.05) is 48.0 Å². The van der Waals surface area contributed by atoms with E-state index in [4.69, 9.17) is 0 Å². The van der Waals surface area contributed by atoms with Crippen LogP contribution in [0.25, 0.3) is 0 Å². The summed E-state index contributed by atoms with van der Waals surface area (Å²) in [7, 11) is 0. The van der Waals surface area contributed by atoms with E-state index in [2.05, 4.69) is 18.9 Å². The van der Waals surface area contributed by atoms with Gasteiger partial charge < -0.3 is 10.0 Å². The average molecular weight is 369 g/mol. The number of benzene rings is 1. The monoisotopic (exact) mass is 369 g/mol. The third kappa shape index (κ3) is 3.75. The molecule has 2 atom stereocenters. The molecule has 2 heterocycles. The molecule has 144 valence electrons. The molecule has 0 aliphatic carbocycles. The fourth-order valence-electron chi connectivity index (χ4n) is 4.02. The number of likely N-dealkylation sites (tertiary alicyclic amines) is 1. The second-order valence-corrected chi connectivity index (χ2v) is 7.26. The van der Waals surface area contributed by atoms with Gasteiger partial charge in [0.25, 0.3) is 5.91 Å². The zero-order valence-electron chi connectivity index (χ0n) is 16.1. The summed E-state index contributed by atoms with van der Waals surface area (Å²) >= 11 is 0. The number of nitrogens with zero attached hydrogens (tertiary/aromatic N) is 3. The Hall–Kier alpha value is -2.63. The molecule has 27 heavy (non-hydrogen) atoms. The van der Waals surface area contributed by atoms with Crippen LogP contribution < -0.4 is 0 Å². The Balaban J connectivity index is 1.84. The maximum atomic E-state index is 13.0. The molecular formula is C21H27N3O3. The van der Waals surface area contributed by atoms with Crippen LogP contribution in [0.3, 0.4) is 0 Å². The van der Waals surface area contributed by atoms with Crippen LogP contribution in [-0.4, -0.2) is 44.8 Å². The van der Waals surface area contributed by atoms with Gasteiger partial charge in [-0.15, -0.1) is 0 Å². The number of aryl methyl sites for hydroxylation is 1. The molecule has 1 aromatic heterocycles. The van der Waals surface area contributed by atoms with Crippen molar-refractivity contribution in [2.75, 3.05) is 13.1 Å². The van der Waals surface area contributed by atoms with E-state index in [-0.39, 0.29) is 24.4 Å². The summed E-state index contributed by atoms with van der Waals surface area (Å²) in [5, 5.41) is 14.2. The molecule has 1 fully saturated rings. The van der Waals surface area contributed by atoms with Crippen molar-refractivity contribution in [1.29, 1.82) is 0 Å². The van der Waals surface area contributed by atoms with Gasteiger partial charge in [0.2, 0.25) is 0 Å². The Morgan fingerprint density at radius 3 is 2.44 bits per heavy atom. The minimum atomic E-state index is -0.863. The molecule has 2 unspecified atom stereocenters. The van der Waals surface area contributed by atoms with Gasteiger partial charge in [0, 0.05) is 24.7 Å². The van der Waals surface area contributed by atoms with E-state index >= 15 is 0 Å². The highest BCUT2D eigenvalue weighted by molar-refractivity contribution is 5.93. The van der Waals surface area contributed by atoms with Crippen LogP contribution in [-0.2, 0) is 4.79 Å².